The van der Waals surface area contributed by atoms with Crippen LogP contribution in [0, 0.1) is 13.8 Å². The number of fused-ring (bicyclic) bond motifs is 8. The van der Waals surface area contributed by atoms with Gasteiger partial charge in [-0.3, -0.25) is 0 Å². The summed E-state index contributed by atoms with van der Waals surface area (Å²) in [6.45, 7) is 14.9. The Balaban J connectivity index is 0.00000401. The van der Waals surface area contributed by atoms with Crippen LogP contribution in [-0.4, -0.2) is 9.97 Å². The van der Waals surface area contributed by atoms with Crippen LogP contribution in [0.2, 0.25) is 0 Å². The monoisotopic (exact) mass is 676 g/mol. The zero-order valence-corrected chi connectivity index (χ0v) is 31.7. The van der Waals surface area contributed by atoms with Gasteiger partial charge in [-0.1, -0.05) is 87.5 Å². The average molecular weight is 678 g/mol. The summed E-state index contributed by atoms with van der Waals surface area (Å²) in [7, 11) is 0. The Morgan fingerprint density at radius 1 is 0.562 bits per heavy atom. The predicted molar refractivity (Wildman–Crippen MR) is 199 cm³/mol. The largest absolute Gasteiger partial charge is 2.00 e. The summed E-state index contributed by atoms with van der Waals surface area (Å²) >= 11 is 0. The molecule has 5 heteroatoms. The molecule has 4 nitrogen and oxygen atoms in total. The van der Waals surface area contributed by atoms with Gasteiger partial charge in [0.1, 0.15) is 0 Å². The zero-order valence-electron chi connectivity index (χ0n) is 28.7. The van der Waals surface area contributed by atoms with Crippen LogP contribution in [0.25, 0.3) is 68.6 Å². The van der Waals surface area contributed by atoms with Gasteiger partial charge in [-0.25, -0.2) is 9.97 Å². The van der Waals surface area contributed by atoms with Crippen molar-refractivity contribution in [1.82, 2.24) is 19.9 Å². The predicted octanol–water partition coefficient (Wildman–Crippen LogP) is 10.3. The molecule has 0 aliphatic carbocycles. The molecule has 0 atom stereocenters. The average Bonchev–Trinajstić information content (AvgIpc) is 3.93. The van der Waals surface area contributed by atoms with Gasteiger partial charge in [0.25, 0.3) is 0 Å². The Kier molecular flexibility index (Phi) is 9.62. The van der Waals surface area contributed by atoms with Crippen LogP contribution in [-0.2, 0) is 45.2 Å². The summed E-state index contributed by atoms with van der Waals surface area (Å²) < 4.78 is 0. The smallest absolute Gasteiger partial charge is 0.657 e. The third-order valence-corrected chi connectivity index (χ3v) is 9.53. The van der Waals surface area contributed by atoms with E-state index in [0.29, 0.717) is 0 Å². The molecule has 7 rings (SSSR count). The van der Waals surface area contributed by atoms with E-state index in [1.807, 2.05) is 6.08 Å². The van der Waals surface area contributed by atoms with Crippen molar-refractivity contribution in [1.29, 1.82) is 0 Å². The Bertz CT molecular complexity index is 2140. The molecule has 5 aromatic rings. The molecule has 0 N–H and O–H groups in total. The molecule has 0 saturated heterocycles. The van der Waals surface area contributed by atoms with Crippen molar-refractivity contribution in [3.63, 3.8) is 0 Å². The standard InChI is InChI=1S/C43H40N4.Zn/c1-7-11-29-12-14-32(15-13-29)42-37-20-16-33(44-37)26(5)35-18-22-39(46-35)43(41-30(9-3)24-28(8-2)25-31(41)10-4)40-23-19-36(47-40)27(6)34-17-21-38(42)45-34;/h7,12-25H,1,8-11H2,2-6H3;/q-2;+2. The fraction of sp³-hybridized carbons (Fsp3) is 0.209. The van der Waals surface area contributed by atoms with Gasteiger partial charge in [0.15, 0.2) is 0 Å². The molecule has 3 aromatic heterocycles. The quantitative estimate of drug-likeness (QED) is 0.124. The summed E-state index contributed by atoms with van der Waals surface area (Å²) in [5, 5.41) is 0. The van der Waals surface area contributed by atoms with Gasteiger partial charge in [-0.05, 0) is 114 Å². The first-order chi connectivity index (χ1) is 22.9. The minimum atomic E-state index is 0. The van der Waals surface area contributed by atoms with Crippen molar-refractivity contribution in [2.75, 3.05) is 0 Å². The number of benzene rings is 2. The van der Waals surface area contributed by atoms with Crippen molar-refractivity contribution >= 4 is 46.4 Å². The maximum absolute atomic E-state index is 5.29. The molecule has 8 bridgehead atoms. The molecule has 2 aliphatic heterocycles. The fourth-order valence-electron chi connectivity index (χ4n) is 6.81. The van der Waals surface area contributed by atoms with Gasteiger partial charge in [0.2, 0.25) is 0 Å². The van der Waals surface area contributed by atoms with Gasteiger partial charge in [-0.15, -0.1) is 28.6 Å². The second kappa shape index (κ2) is 13.9. The number of aromatic nitrogens is 4. The number of hydrogen-bond donors (Lipinski definition) is 0. The second-order valence-electron chi connectivity index (χ2n) is 12.4. The van der Waals surface area contributed by atoms with Gasteiger partial charge < -0.3 is 9.97 Å². The van der Waals surface area contributed by atoms with E-state index < -0.39 is 0 Å². The Labute approximate surface area is 296 Å². The maximum atomic E-state index is 5.29. The normalized spacial score (nSPS) is 11.9. The molecule has 0 unspecified atom stereocenters. The SMILES string of the molecule is C=CCc1ccc(-c2c3nc(c(C)c4ccc([n-]4)c(-c4c(CC)cc(CC)cc4CC)c4ccc([n-]4)c(C)c4nc2C=C4)C=C3)cc1.[Zn+2]. The number of aryl methyl sites for hydroxylation is 5. The van der Waals surface area contributed by atoms with Crippen molar-refractivity contribution in [3.8, 4) is 22.3 Å². The molecule has 2 aromatic carbocycles. The molecule has 0 amide bonds. The van der Waals surface area contributed by atoms with E-state index in [0.717, 1.165) is 98.3 Å². The fourth-order valence-corrected chi connectivity index (χ4v) is 6.81. The first kappa shape index (κ1) is 33.3. The molecule has 0 spiro atoms. The topological polar surface area (TPSA) is 54.0 Å². The summed E-state index contributed by atoms with van der Waals surface area (Å²) in [5.41, 5.74) is 19.2. The van der Waals surface area contributed by atoms with Crippen molar-refractivity contribution < 1.29 is 19.5 Å². The van der Waals surface area contributed by atoms with Crippen LogP contribution >= 0.6 is 0 Å². The van der Waals surface area contributed by atoms with E-state index in [1.54, 1.807) is 0 Å². The minimum absolute atomic E-state index is 0. The van der Waals surface area contributed by atoms with Crippen LogP contribution in [0.1, 0.15) is 76.9 Å². The zero-order chi connectivity index (χ0) is 32.7. The van der Waals surface area contributed by atoms with E-state index in [-0.39, 0.29) is 19.5 Å². The summed E-state index contributed by atoms with van der Waals surface area (Å²) in [6, 6.07) is 22.0. The summed E-state index contributed by atoms with van der Waals surface area (Å²) in [4.78, 5) is 21.0. The van der Waals surface area contributed by atoms with Gasteiger partial charge in [0, 0.05) is 5.56 Å². The summed E-state index contributed by atoms with van der Waals surface area (Å²) in [5.74, 6) is 0. The maximum Gasteiger partial charge on any atom is 2.00 e. The van der Waals surface area contributed by atoms with E-state index in [4.69, 9.17) is 19.9 Å². The van der Waals surface area contributed by atoms with Crippen molar-refractivity contribution in [2.24, 2.45) is 0 Å². The molecule has 2 aliphatic rings. The Hall–Kier alpha value is -4.60. The van der Waals surface area contributed by atoms with Crippen LogP contribution in [0.5, 0.6) is 0 Å². The van der Waals surface area contributed by atoms with E-state index in [1.165, 1.54) is 27.8 Å². The van der Waals surface area contributed by atoms with Crippen molar-refractivity contribution in [3.05, 3.63) is 129 Å². The number of hydrogen-bond acceptors (Lipinski definition) is 2. The first-order valence-corrected chi connectivity index (χ1v) is 16.8. The first-order valence-electron chi connectivity index (χ1n) is 16.8. The molecule has 0 radical (unpaired) electrons. The van der Waals surface area contributed by atoms with Crippen LogP contribution in [0.15, 0.2) is 73.3 Å². The molecule has 0 fully saturated rings. The van der Waals surface area contributed by atoms with E-state index >= 15 is 0 Å². The third-order valence-electron chi connectivity index (χ3n) is 9.53. The number of allylic oxidation sites excluding steroid dienone is 1. The number of rotatable bonds is 7. The van der Waals surface area contributed by atoms with Crippen LogP contribution in [0.3, 0.4) is 0 Å². The Morgan fingerprint density at radius 2 is 1.04 bits per heavy atom. The van der Waals surface area contributed by atoms with Gasteiger partial charge in [0.05, 0.1) is 22.8 Å². The van der Waals surface area contributed by atoms with Crippen LogP contribution < -0.4 is 9.97 Å². The van der Waals surface area contributed by atoms with Crippen LogP contribution in [0.4, 0.5) is 0 Å². The van der Waals surface area contributed by atoms with E-state index in [9.17, 15) is 0 Å². The molecule has 234 valence electrons. The molecular formula is C43H40N4Zn. The molecular weight excluding hydrogens is 638 g/mol. The summed E-state index contributed by atoms with van der Waals surface area (Å²) in [6.07, 6.45) is 14.1. The van der Waals surface area contributed by atoms with Gasteiger partial charge >= 0.3 is 19.5 Å². The Morgan fingerprint density at radius 3 is 1.50 bits per heavy atom. The minimum Gasteiger partial charge on any atom is -0.657 e. The second-order valence-corrected chi connectivity index (χ2v) is 12.4. The molecule has 5 heterocycles. The molecule has 0 saturated carbocycles. The number of nitrogens with zero attached hydrogens (tertiary/aromatic N) is 4. The van der Waals surface area contributed by atoms with Crippen molar-refractivity contribution in [2.45, 2.75) is 60.3 Å². The third kappa shape index (κ3) is 5.97. The van der Waals surface area contributed by atoms with E-state index in [2.05, 4.69) is 126 Å². The molecule has 48 heavy (non-hydrogen) atoms. The van der Waals surface area contributed by atoms with Gasteiger partial charge in [-0.2, -0.15) is 0 Å².